The molecular formula is C21H23N3O3S. The molecule has 0 radical (unpaired) electrons. The Balaban J connectivity index is 1.95. The molecule has 3 rings (SSSR count). The number of ether oxygens (including phenoxy) is 1. The van der Waals surface area contributed by atoms with Crippen molar-refractivity contribution in [2.45, 2.75) is 6.92 Å². The molecule has 0 bridgehead atoms. The lowest BCUT2D eigenvalue weighted by molar-refractivity contribution is 0.0981. The minimum Gasteiger partial charge on any atom is -0.497 e. The van der Waals surface area contributed by atoms with E-state index in [-0.39, 0.29) is 11.7 Å². The predicted octanol–water partition coefficient (Wildman–Crippen LogP) is 3.72. The maximum absolute atomic E-state index is 13.2. The number of nitrogens with zero attached hydrogens (tertiary/aromatic N) is 3. The molecule has 0 spiro atoms. The monoisotopic (exact) mass is 397 g/mol. The van der Waals surface area contributed by atoms with Crippen molar-refractivity contribution in [1.82, 2.24) is 9.88 Å². The number of aromatic nitrogens is 1. The van der Waals surface area contributed by atoms with Crippen LogP contribution >= 0.6 is 11.3 Å². The van der Waals surface area contributed by atoms with Gasteiger partial charge in [0, 0.05) is 30.3 Å². The summed E-state index contributed by atoms with van der Waals surface area (Å²) >= 11 is 1.47. The molecule has 0 aliphatic heterocycles. The van der Waals surface area contributed by atoms with E-state index >= 15 is 0 Å². The highest BCUT2D eigenvalue weighted by atomic mass is 32.1. The van der Waals surface area contributed by atoms with Crippen LogP contribution in [0.3, 0.4) is 0 Å². The molecule has 0 atom stereocenters. The van der Waals surface area contributed by atoms with E-state index in [1.54, 1.807) is 36.3 Å². The van der Waals surface area contributed by atoms with Crippen LogP contribution in [0.4, 0.5) is 5.13 Å². The van der Waals surface area contributed by atoms with Crippen molar-refractivity contribution in [1.29, 1.82) is 0 Å². The minimum atomic E-state index is -0.136. The Kier molecular flexibility index (Phi) is 6.06. The summed E-state index contributed by atoms with van der Waals surface area (Å²) in [6.45, 7) is 2.73. The summed E-state index contributed by atoms with van der Waals surface area (Å²) in [5, 5.41) is 0.644. The van der Waals surface area contributed by atoms with Gasteiger partial charge in [0.1, 0.15) is 5.75 Å². The zero-order valence-corrected chi connectivity index (χ0v) is 17.2. The molecule has 0 aliphatic carbocycles. The number of carbonyl (C=O) groups excluding carboxylic acids is 2. The Morgan fingerprint density at radius 3 is 2.32 bits per heavy atom. The van der Waals surface area contributed by atoms with Gasteiger partial charge < -0.3 is 9.64 Å². The number of likely N-dealkylation sites (N-methyl/N-ethyl adjacent to an activating group) is 1. The Morgan fingerprint density at radius 2 is 1.71 bits per heavy atom. The molecule has 0 aliphatic rings. The largest absolute Gasteiger partial charge is 0.497 e. The fraction of sp³-hybridized carbons (Fsp3) is 0.286. The first-order valence-corrected chi connectivity index (χ1v) is 9.73. The van der Waals surface area contributed by atoms with Crippen LogP contribution in [-0.4, -0.2) is 55.9 Å². The van der Waals surface area contributed by atoms with E-state index in [1.165, 1.54) is 18.3 Å². The number of hydrogen-bond donors (Lipinski definition) is 0. The lowest BCUT2D eigenvalue weighted by atomic mass is 10.1. The number of rotatable bonds is 7. The van der Waals surface area contributed by atoms with Gasteiger partial charge in [-0.2, -0.15) is 0 Å². The minimum absolute atomic E-state index is 0.0245. The second kappa shape index (κ2) is 8.50. The molecular weight excluding hydrogens is 374 g/mol. The summed E-state index contributed by atoms with van der Waals surface area (Å²) in [5.41, 5.74) is 1.91. The van der Waals surface area contributed by atoms with Gasteiger partial charge in [-0.25, -0.2) is 4.98 Å². The smallest absolute Gasteiger partial charge is 0.260 e. The van der Waals surface area contributed by atoms with Gasteiger partial charge in [0.2, 0.25) is 0 Å². The van der Waals surface area contributed by atoms with Crippen LogP contribution < -0.4 is 9.64 Å². The summed E-state index contributed by atoms with van der Waals surface area (Å²) in [6, 6.07) is 12.5. The SMILES string of the molecule is COc1ccc2sc(N(CCN(C)C)C(=O)c3ccc(C(C)=O)cc3)nc2c1. The second-order valence-electron chi connectivity index (χ2n) is 6.72. The van der Waals surface area contributed by atoms with E-state index in [4.69, 9.17) is 4.74 Å². The molecule has 7 heteroatoms. The van der Waals surface area contributed by atoms with Gasteiger partial charge in [-0.05, 0) is 45.3 Å². The molecule has 0 fully saturated rings. The van der Waals surface area contributed by atoms with Crippen LogP contribution in [0.25, 0.3) is 10.2 Å². The Hall–Kier alpha value is -2.77. The molecule has 0 saturated carbocycles. The van der Waals surface area contributed by atoms with Gasteiger partial charge in [-0.1, -0.05) is 23.5 Å². The van der Waals surface area contributed by atoms with Gasteiger partial charge in [-0.3, -0.25) is 14.5 Å². The Bertz CT molecular complexity index is 996. The van der Waals surface area contributed by atoms with Crippen molar-refractivity contribution in [2.24, 2.45) is 0 Å². The zero-order chi connectivity index (χ0) is 20.3. The van der Waals surface area contributed by atoms with E-state index in [1.807, 2.05) is 37.2 Å². The fourth-order valence-electron chi connectivity index (χ4n) is 2.72. The lowest BCUT2D eigenvalue weighted by Crippen LogP contribution is -2.36. The van der Waals surface area contributed by atoms with Gasteiger partial charge in [0.05, 0.1) is 17.3 Å². The molecule has 2 aromatic carbocycles. The molecule has 1 amide bonds. The van der Waals surface area contributed by atoms with E-state index < -0.39 is 0 Å². The van der Waals surface area contributed by atoms with Crippen molar-refractivity contribution in [3.8, 4) is 5.75 Å². The molecule has 0 unspecified atom stereocenters. The van der Waals surface area contributed by atoms with Crippen LogP contribution in [0.1, 0.15) is 27.6 Å². The number of thiazole rings is 1. The molecule has 0 N–H and O–H groups in total. The average Bonchev–Trinajstić information content (AvgIpc) is 3.10. The predicted molar refractivity (Wildman–Crippen MR) is 113 cm³/mol. The van der Waals surface area contributed by atoms with Crippen molar-refractivity contribution in [2.75, 3.05) is 39.2 Å². The third-order valence-corrected chi connectivity index (χ3v) is 5.43. The Labute approximate surface area is 168 Å². The molecule has 146 valence electrons. The highest BCUT2D eigenvalue weighted by molar-refractivity contribution is 7.22. The number of methoxy groups -OCH3 is 1. The summed E-state index contributed by atoms with van der Waals surface area (Å²) in [6.07, 6.45) is 0. The van der Waals surface area contributed by atoms with Crippen LogP contribution in [0.15, 0.2) is 42.5 Å². The first-order valence-electron chi connectivity index (χ1n) is 8.91. The van der Waals surface area contributed by atoms with Crippen molar-refractivity contribution < 1.29 is 14.3 Å². The summed E-state index contributed by atoms with van der Waals surface area (Å²) < 4.78 is 6.26. The van der Waals surface area contributed by atoms with Crippen LogP contribution in [-0.2, 0) is 0 Å². The first-order chi connectivity index (χ1) is 13.4. The van der Waals surface area contributed by atoms with Crippen molar-refractivity contribution in [3.63, 3.8) is 0 Å². The summed E-state index contributed by atoms with van der Waals surface area (Å²) in [4.78, 5) is 33.1. The number of fused-ring (bicyclic) bond motifs is 1. The van der Waals surface area contributed by atoms with Gasteiger partial charge in [0.15, 0.2) is 10.9 Å². The van der Waals surface area contributed by atoms with Crippen molar-refractivity contribution >= 4 is 38.4 Å². The highest BCUT2D eigenvalue weighted by Crippen LogP contribution is 2.32. The third kappa shape index (κ3) is 4.37. The number of benzene rings is 2. The highest BCUT2D eigenvalue weighted by Gasteiger charge is 2.21. The normalized spacial score (nSPS) is 11.0. The van der Waals surface area contributed by atoms with E-state index in [9.17, 15) is 9.59 Å². The quantitative estimate of drug-likeness (QED) is 0.569. The van der Waals surface area contributed by atoms with Crippen LogP contribution in [0.2, 0.25) is 0 Å². The summed E-state index contributed by atoms with van der Waals surface area (Å²) in [7, 11) is 5.55. The number of hydrogen-bond acceptors (Lipinski definition) is 6. The van der Waals surface area contributed by atoms with Crippen LogP contribution in [0, 0.1) is 0 Å². The molecule has 1 heterocycles. The van der Waals surface area contributed by atoms with E-state index in [2.05, 4.69) is 4.98 Å². The third-order valence-electron chi connectivity index (χ3n) is 4.37. The maximum atomic E-state index is 13.2. The van der Waals surface area contributed by atoms with Gasteiger partial charge in [-0.15, -0.1) is 0 Å². The van der Waals surface area contributed by atoms with E-state index in [0.29, 0.717) is 29.3 Å². The molecule has 3 aromatic rings. The molecule has 6 nitrogen and oxygen atoms in total. The summed E-state index contributed by atoms with van der Waals surface area (Å²) in [5.74, 6) is 0.571. The van der Waals surface area contributed by atoms with Crippen LogP contribution in [0.5, 0.6) is 5.75 Å². The Morgan fingerprint density at radius 1 is 1.04 bits per heavy atom. The molecule has 28 heavy (non-hydrogen) atoms. The average molecular weight is 398 g/mol. The van der Waals surface area contributed by atoms with Crippen molar-refractivity contribution in [3.05, 3.63) is 53.6 Å². The van der Waals surface area contributed by atoms with Gasteiger partial charge in [0.25, 0.3) is 5.91 Å². The first kappa shape index (κ1) is 20.0. The van der Waals surface area contributed by atoms with E-state index in [0.717, 1.165) is 16.0 Å². The topological polar surface area (TPSA) is 62.7 Å². The molecule has 1 aromatic heterocycles. The number of carbonyl (C=O) groups is 2. The second-order valence-corrected chi connectivity index (χ2v) is 7.73. The zero-order valence-electron chi connectivity index (χ0n) is 16.4. The lowest BCUT2D eigenvalue weighted by Gasteiger charge is -2.22. The number of anilines is 1. The molecule has 0 saturated heterocycles. The number of amides is 1. The maximum Gasteiger partial charge on any atom is 0.260 e. The number of Topliss-reactive ketones (excluding diaryl/α,β-unsaturated/α-hetero) is 1. The fourth-order valence-corrected chi connectivity index (χ4v) is 3.70. The number of ketones is 1. The standard InChI is InChI=1S/C21H23N3O3S/c1-14(25)15-5-7-16(8-6-15)20(26)24(12-11-23(2)3)21-22-18-13-17(27-4)9-10-19(18)28-21/h5-10,13H,11-12H2,1-4H3. The van der Waals surface area contributed by atoms with Gasteiger partial charge >= 0.3 is 0 Å².